The van der Waals surface area contributed by atoms with Gasteiger partial charge >= 0.3 is 5.69 Å². The van der Waals surface area contributed by atoms with Gasteiger partial charge in [0.2, 0.25) is 0 Å². The lowest BCUT2D eigenvalue weighted by atomic mass is 10.2. The molecule has 0 aromatic heterocycles. The minimum absolute atomic E-state index is 0.178. The van der Waals surface area contributed by atoms with E-state index in [4.69, 9.17) is 0 Å². The maximum atomic E-state index is 11.0. The zero-order chi connectivity index (χ0) is 15.4. The molecule has 8 nitrogen and oxygen atoms in total. The molecule has 0 unspecified atom stereocenters. The largest absolute Gasteiger partial charge is 0.300 e. The SMILES string of the molecule is CN(Nc1ccc([N+](=O)[O-])cc1[N+](=O)[O-])c1ccccc1. The second-order valence-corrected chi connectivity index (χ2v) is 4.22. The number of anilines is 2. The van der Waals surface area contributed by atoms with Gasteiger partial charge in [-0.25, -0.2) is 0 Å². The standard InChI is InChI=1S/C13H12N4O4/c1-15(10-5-3-2-4-6-10)14-12-8-7-11(16(18)19)9-13(12)17(20)21/h2-9,14H,1H3. The molecule has 0 saturated carbocycles. The first-order valence-corrected chi connectivity index (χ1v) is 5.97. The molecule has 21 heavy (non-hydrogen) atoms. The van der Waals surface area contributed by atoms with Gasteiger partial charge in [-0.1, -0.05) is 18.2 Å². The number of hydrazine groups is 1. The van der Waals surface area contributed by atoms with E-state index in [1.165, 1.54) is 12.1 Å². The molecule has 2 aromatic carbocycles. The van der Waals surface area contributed by atoms with E-state index in [9.17, 15) is 20.2 Å². The molecule has 0 radical (unpaired) electrons. The molecule has 0 aliphatic rings. The third kappa shape index (κ3) is 3.24. The van der Waals surface area contributed by atoms with Crippen LogP contribution < -0.4 is 10.4 Å². The number of rotatable bonds is 5. The number of nitrogens with zero attached hydrogens (tertiary/aromatic N) is 3. The van der Waals surface area contributed by atoms with Crippen LogP contribution in [0, 0.1) is 20.2 Å². The van der Waals surface area contributed by atoms with Crippen LogP contribution in [0.3, 0.4) is 0 Å². The Balaban J connectivity index is 2.31. The van der Waals surface area contributed by atoms with Crippen molar-refractivity contribution in [3.63, 3.8) is 0 Å². The molecule has 0 bridgehead atoms. The number of non-ortho nitro benzene ring substituents is 1. The molecular weight excluding hydrogens is 276 g/mol. The quantitative estimate of drug-likeness (QED) is 0.670. The minimum Gasteiger partial charge on any atom is -0.292 e. The van der Waals surface area contributed by atoms with Crippen LogP contribution in [0.5, 0.6) is 0 Å². The second kappa shape index (κ2) is 5.87. The summed E-state index contributed by atoms with van der Waals surface area (Å²) < 4.78 is 0. The fraction of sp³-hybridized carbons (Fsp3) is 0.0769. The van der Waals surface area contributed by atoms with Crippen LogP contribution in [0.2, 0.25) is 0 Å². The van der Waals surface area contributed by atoms with Crippen molar-refractivity contribution in [2.45, 2.75) is 0 Å². The lowest BCUT2D eigenvalue weighted by Crippen LogP contribution is -2.25. The van der Waals surface area contributed by atoms with Crippen molar-refractivity contribution < 1.29 is 9.85 Å². The Morgan fingerprint density at radius 1 is 1.00 bits per heavy atom. The van der Waals surface area contributed by atoms with Gasteiger partial charge in [-0.05, 0) is 18.2 Å². The summed E-state index contributed by atoms with van der Waals surface area (Å²) in [5, 5.41) is 23.3. The zero-order valence-corrected chi connectivity index (χ0v) is 11.1. The Bertz CT molecular complexity index is 675. The normalized spacial score (nSPS) is 9.95. The van der Waals surface area contributed by atoms with Gasteiger partial charge in [0, 0.05) is 13.1 Å². The van der Waals surface area contributed by atoms with E-state index < -0.39 is 9.85 Å². The average Bonchev–Trinajstić information content (AvgIpc) is 2.48. The average molecular weight is 288 g/mol. The molecular formula is C13H12N4O4. The lowest BCUT2D eigenvalue weighted by Gasteiger charge is -2.21. The summed E-state index contributed by atoms with van der Waals surface area (Å²) in [4.78, 5) is 20.4. The second-order valence-electron chi connectivity index (χ2n) is 4.22. The van der Waals surface area contributed by atoms with Gasteiger partial charge in [-0.15, -0.1) is 0 Å². The van der Waals surface area contributed by atoms with Crippen molar-refractivity contribution in [2.75, 3.05) is 17.5 Å². The fourth-order valence-corrected chi connectivity index (χ4v) is 1.78. The third-order valence-electron chi connectivity index (χ3n) is 2.82. The predicted molar refractivity (Wildman–Crippen MR) is 78.2 cm³/mol. The molecule has 0 heterocycles. The summed E-state index contributed by atoms with van der Waals surface area (Å²) in [6, 6.07) is 12.6. The Morgan fingerprint density at radius 3 is 2.24 bits per heavy atom. The van der Waals surface area contributed by atoms with Gasteiger partial charge in [0.25, 0.3) is 5.69 Å². The highest BCUT2D eigenvalue weighted by molar-refractivity contribution is 5.68. The summed E-state index contributed by atoms with van der Waals surface area (Å²) in [7, 11) is 1.69. The van der Waals surface area contributed by atoms with E-state index in [0.717, 1.165) is 11.8 Å². The Kier molecular flexibility index (Phi) is 3.98. The lowest BCUT2D eigenvalue weighted by molar-refractivity contribution is -0.393. The molecule has 0 aliphatic carbocycles. The van der Waals surface area contributed by atoms with Crippen LogP contribution >= 0.6 is 0 Å². The van der Waals surface area contributed by atoms with Crippen molar-refractivity contribution >= 4 is 22.7 Å². The number of nitro benzene ring substituents is 2. The summed E-state index contributed by atoms with van der Waals surface area (Å²) in [5.41, 5.74) is 3.14. The maximum absolute atomic E-state index is 11.0. The van der Waals surface area contributed by atoms with Crippen LogP contribution in [-0.4, -0.2) is 16.9 Å². The van der Waals surface area contributed by atoms with Crippen molar-refractivity contribution in [1.29, 1.82) is 0 Å². The number of nitrogens with one attached hydrogen (secondary N) is 1. The Labute approximate surface area is 119 Å². The van der Waals surface area contributed by atoms with Crippen molar-refractivity contribution in [2.24, 2.45) is 0 Å². The topological polar surface area (TPSA) is 102 Å². The van der Waals surface area contributed by atoms with E-state index in [2.05, 4.69) is 5.43 Å². The maximum Gasteiger partial charge on any atom is 0.300 e. The van der Waals surface area contributed by atoms with E-state index in [0.29, 0.717) is 0 Å². The van der Waals surface area contributed by atoms with Gasteiger partial charge in [-0.2, -0.15) is 0 Å². The number of hydrogen-bond donors (Lipinski definition) is 1. The minimum atomic E-state index is -0.669. The van der Waals surface area contributed by atoms with Gasteiger partial charge in [0.1, 0.15) is 5.69 Å². The summed E-state index contributed by atoms with van der Waals surface area (Å²) in [6.07, 6.45) is 0. The first kappa shape index (κ1) is 14.3. The molecule has 2 rings (SSSR count). The highest BCUT2D eigenvalue weighted by Crippen LogP contribution is 2.29. The van der Waals surface area contributed by atoms with Gasteiger partial charge in [0.05, 0.1) is 21.6 Å². The van der Waals surface area contributed by atoms with Crippen LogP contribution in [0.15, 0.2) is 48.5 Å². The third-order valence-corrected chi connectivity index (χ3v) is 2.82. The van der Waals surface area contributed by atoms with Gasteiger partial charge in [0.15, 0.2) is 0 Å². The summed E-state index contributed by atoms with van der Waals surface area (Å²) >= 11 is 0. The van der Waals surface area contributed by atoms with Crippen molar-refractivity contribution in [1.82, 2.24) is 0 Å². The molecule has 1 N–H and O–H groups in total. The Hall–Kier alpha value is -3.16. The highest BCUT2D eigenvalue weighted by Gasteiger charge is 2.20. The van der Waals surface area contributed by atoms with Crippen molar-refractivity contribution in [3.05, 3.63) is 68.8 Å². The highest BCUT2D eigenvalue weighted by atomic mass is 16.6. The Morgan fingerprint density at radius 2 is 1.67 bits per heavy atom. The van der Waals surface area contributed by atoms with Gasteiger partial charge in [-0.3, -0.25) is 30.7 Å². The number of para-hydroxylation sites is 1. The molecule has 8 heteroatoms. The monoisotopic (exact) mass is 288 g/mol. The van der Waals surface area contributed by atoms with Crippen LogP contribution in [0.4, 0.5) is 22.7 Å². The van der Waals surface area contributed by atoms with Crippen LogP contribution in [0.25, 0.3) is 0 Å². The predicted octanol–water partition coefficient (Wildman–Crippen LogP) is 2.97. The van der Waals surface area contributed by atoms with E-state index in [1.807, 2.05) is 30.3 Å². The molecule has 0 atom stereocenters. The summed E-state index contributed by atoms with van der Waals surface area (Å²) in [5.74, 6) is 0. The molecule has 108 valence electrons. The van der Waals surface area contributed by atoms with E-state index in [-0.39, 0.29) is 17.1 Å². The number of benzene rings is 2. The molecule has 0 aliphatic heterocycles. The summed E-state index contributed by atoms with van der Waals surface area (Å²) in [6.45, 7) is 0. The first-order valence-electron chi connectivity index (χ1n) is 5.97. The van der Waals surface area contributed by atoms with Crippen molar-refractivity contribution in [3.8, 4) is 0 Å². The number of nitro groups is 2. The molecule has 0 spiro atoms. The van der Waals surface area contributed by atoms with Crippen LogP contribution in [-0.2, 0) is 0 Å². The fourth-order valence-electron chi connectivity index (χ4n) is 1.78. The molecule has 2 aromatic rings. The van der Waals surface area contributed by atoms with E-state index >= 15 is 0 Å². The van der Waals surface area contributed by atoms with Crippen LogP contribution in [0.1, 0.15) is 0 Å². The molecule has 0 amide bonds. The zero-order valence-electron chi connectivity index (χ0n) is 11.1. The van der Waals surface area contributed by atoms with E-state index in [1.54, 1.807) is 12.1 Å². The molecule has 0 saturated heterocycles. The van der Waals surface area contributed by atoms with Gasteiger partial charge < -0.3 is 0 Å². The molecule has 0 fully saturated rings. The smallest absolute Gasteiger partial charge is 0.292 e. The number of hydrogen-bond acceptors (Lipinski definition) is 6. The first-order chi connectivity index (χ1) is 9.99.